The molecule has 0 radical (unpaired) electrons. The summed E-state index contributed by atoms with van der Waals surface area (Å²) >= 11 is 0. The van der Waals surface area contributed by atoms with Crippen LogP contribution in [0, 0.1) is 0 Å². The van der Waals surface area contributed by atoms with Gasteiger partial charge in [0.2, 0.25) is 0 Å². The van der Waals surface area contributed by atoms with Crippen molar-refractivity contribution in [1.29, 1.82) is 0 Å². The summed E-state index contributed by atoms with van der Waals surface area (Å²) in [5.41, 5.74) is 0.0270. The molecule has 1 aromatic rings. The zero-order valence-corrected chi connectivity index (χ0v) is 8.39. The van der Waals surface area contributed by atoms with E-state index in [1.165, 1.54) is 12.1 Å². The highest BCUT2D eigenvalue weighted by molar-refractivity contribution is 5.27. The summed E-state index contributed by atoms with van der Waals surface area (Å²) in [6.45, 7) is 0.270. The Labute approximate surface area is 97.8 Å². The van der Waals surface area contributed by atoms with E-state index in [1.54, 1.807) is 0 Å². The summed E-state index contributed by atoms with van der Waals surface area (Å²) in [5, 5.41) is 2.92. The SMILES string of the molecule is C.F[C@H]1CN[C@@H](c2ccc(C(F)(F)F)cc2)C1. The van der Waals surface area contributed by atoms with Gasteiger partial charge in [0.25, 0.3) is 0 Å². The van der Waals surface area contributed by atoms with Crippen molar-refractivity contribution in [2.45, 2.75) is 32.2 Å². The lowest BCUT2D eigenvalue weighted by Gasteiger charge is -2.12. The molecular formula is C12H15F4N. The molecular weight excluding hydrogens is 234 g/mol. The molecule has 1 heterocycles. The Morgan fingerprint density at radius 1 is 1.12 bits per heavy atom. The van der Waals surface area contributed by atoms with E-state index in [9.17, 15) is 17.6 Å². The van der Waals surface area contributed by atoms with Crippen LogP contribution in [0.1, 0.15) is 31.0 Å². The molecule has 1 aromatic carbocycles. The summed E-state index contributed by atoms with van der Waals surface area (Å²) in [5.74, 6) is 0. The van der Waals surface area contributed by atoms with Gasteiger partial charge in [-0.25, -0.2) is 4.39 Å². The van der Waals surface area contributed by atoms with E-state index in [4.69, 9.17) is 0 Å². The van der Waals surface area contributed by atoms with Gasteiger partial charge in [0.15, 0.2) is 0 Å². The van der Waals surface area contributed by atoms with Crippen molar-refractivity contribution in [2.24, 2.45) is 0 Å². The van der Waals surface area contributed by atoms with Crippen molar-refractivity contribution in [3.8, 4) is 0 Å². The molecule has 1 nitrogen and oxygen atoms in total. The lowest BCUT2D eigenvalue weighted by Crippen LogP contribution is -2.14. The van der Waals surface area contributed by atoms with Gasteiger partial charge in [-0.1, -0.05) is 19.6 Å². The number of nitrogens with one attached hydrogen (secondary N) is 1. The largest absolute Gasteiger partial charge is 0.416 e. The smallest absolute Gasteiger partial charge is 0.307 e. The molecule has 0 unspecified atom stereocenters. The van der Waals surface area contributed by atoms with Crippen molar-refractivity contribution >= 4 is 0 Å². The second-order valence-corrected chi connectivity index (χ2v) is 3.91. The Morgan fingerprint density at radius 3 is 2.12 bits per heavy atom. The van der Waals surface area contributed by atoms with E-state index in [1.807, 2.05) is 0 Å². The van der Waals surface area contributed by atoms with E-state index in [-0.39, 0.29) is 20.0 Å². The molecule has 1 N–H and O–H groups in total. The zero-order valence-electron chi connectivity index (χ0n) is 8.39. The molecule has 1 saturated heterocycles. The molecule has 0 amide bonds. The Morgan fingerprint density at radius 2 is 1.71 bits per heavy atom. The van der Waals surface area contributed by atoms with Gasteiger partial charge in [0.1, 0.15) is 6.17 Å². The van der Waals surface area contributed by atoms with Crippen LogP contribution in [-0.2, 0) is 6.18 Å². The van der Waals surface area contributed by atoms with Gasteiger partial charge in [-0.2, -0.15) is 13.2 Å². The van der Waals surface area contributed by atoms with E-state index in [0.29, 0.717) is 12.0 Å². The van der Waals surface area contributed by atoms with Crippen LogP contribution in [0.15, 0.2) is 24.3 Å². The minimum absolute atomic E-state index is 0. The summed E-state index contributed by atoms with van der Waals surface area (Å²) < 4.78 is 49.7. The molecule has 2 atom stereocenters. The van der Waals surface area contributed by atoms with Gasteiger partial charge >= 0.3 is 6.18 Å². The molecule has 1 aliphatic rings. The third kappa shape index (κ3) is 3.19. The standard InChI is InChI=1S/C11H11F4N.CH4/c12-9-5-10(16-6-9)7-1-3-8(4-2-7)11(13,14)15;/h1-4,9-10,16H,5-6H2;1H4/t9-,10-;/m1./s1. The second kappa shape index (κ2) is 5.04. The lowest BCUT2D eigenvalue weighted by molar-refractivity contribution is -0.137. The maximum Gasteiger partial charge on any atom is 0.416 e. The number of hydrogen-bond donors (Lipinski definition) is 1. The summed E-state index contributed by atoms with van der Waals surface area (Å²) in [6, 6.07) is 4.69. The molecule has 96 valence electrons. The molecule has 1 aliphatic heterocycles. The highest BCUT2D eigenvalue weighted by Gasteiger charge is 2.31. The average molecular weight is 249 g/mol. The normalized spacial score (nSPS) is 24.5. The van der Waals surface area contributed by atoms with Crippen LogP contribution >= 0.6 is 0 Å². The monoisotopic (exact) mass is 249 g/mol. The van der Waals surface area contributed by atoms with Gasteiger partial charge < -0.3 is 5.32 Å². The lowest BCUT2D eigenvalue weighted by atomic mass is 10.0. The van der Waals surface area contributed by atoms with Gasteiger partial charge in [0, 0.05) is 12.6 Å². The number of hydrogen-bond acceptors (Lipinski definition) is 1. The minimum atomic E-state index is -4.32. The van der Waals surface area contributed by atoms with Gasteiger partial charge in [0.05, 0.1) is 5.56 Å². The second-order valence-electron chi connectivity index (χ2n) is 3.91. The van der Waals surface area contributed by atoms with Crippen molar-refractivity contribution in [1.82, 2.24) is 5.32 Å². The average Bonchev–Trinajstić information content (AvgIpc) is 2.64. The van der Waals surface area contributed by atoms with E-state index in [2.05, 4.69) is 5.32 Å². The number of rotatable bonds is 1. The fourth-order valence-corrected chi connectivity index (χ4v) is 1.85. The third-order valence-corrected chi connectivity index (χ3v) is 2.72. The van der Waals surface area contributed by atoms with Crippen LogP contribution in [0.5, 0.6) is 0 Å². The molecule has 0 aromatic heterocycles. The number of benzene rings is 1. The first-order valence-electron chi connectivity index (χ1n) is 5.01. The third-order valence-electron chi connectivity index (χ3n) is 2.72. The number of alkyl halides is 4. The fraction of sp³-hybridized carbons (Fsp3) is 0.500. The van der Waals surface area contributed by atoms with E-state index >= 15 is 0 Å². The van der Waals surface area contributed by atoms with Crippen molar-refractivity contribution in [2.75, 3.05) is 6.54 Å². The molecule has 0 spiro atoms. The van der Waals surface area contributed by atoms with E-state index in [0.717, 1.165) is 12.1 Å². The van der Waals surface area contributed by atoms with Crippen LogP contribution in [-0.4, -0.2) is 12.7 Å². The fourth-order valence-electron chi connectivity index (χ4n) is 1.85. The Balaban J connectivity index is 0.00000144. The summed E-state index contributed by atoms with van der Waals surface area (Å²) in [6.07, 6.45) is -4.90. The molecule has 0 aliphatic carbocycles. The van der Waals surface area contributed by atoms with Crippen LogP contribution in [0.2, 0.25) is 0 Å². The molecule has 2 rings (SSSR count). The predicted molar refractivity (Wildman–Crippen MR) is 58.4 cm³/mol. The summed E-state index contributed by atoms with van der Waals surface area (Å²) in [4.78, 5) is 0. The van der Waals surface area contributed by atoms with Crippen LogP contribution in [0.25, 0.3) is 0 Å². The number of halogens is 4. The topological polar surface area (TPSA) is 12.0 Å². The first-order valence-corrected chi connectivity index (χ1v) is 5.01. The minimum Gasteiger partial charge on any atom is -0.307 e. The van der Waals surface area contributed by atoms with Gasteiger partial charge in [-0.15, -0.1) is 0 Å². The maximum absolute atomic E-state index is 12.9. The van der Waals surface area contributed by atoms with Gasteiger partial charge in [-0.05, 0) is 24.1 Å². The highest BCUT2D eigenvalue weighted by atomic mass is 19.4. The summed E-state index contributed by atoms with van der Waals surface area (Å²) in [7, 11) is 0. The first-order chi connectivity index (χ1) is 7.47. The molecule has 17 heavy (non-hydrogen) atoms. The molecule has 5 heteroatoms. The quantitative estimate of drug-likeness (QED) is 0.748. The zero-order chi connectivity index (χ0) is 11.8. The Bertz CT molecular complexity index is 358. The maximum atomic E-state index is 12.9. The molecule has 0 bridgehead atoms. The van der Waals surface area contributed by atoms with Crippen molar-refractivity contribution in [3.05, 3.63) is 35.4 Å². The van der Waals surface area contributed by atoms with Gasteiger partial charge in [-0.3, -0.25) is 0 Å². The van der Waals surface area contributed by atoms with Crippen molar-refractivity contribution in [3.63, 3.8) is 0 Å². The van der Waals surface area contributed by atoms with Crippen molar-refractivity contribution < 1.29 is 17.6 Å². The predicted octanol–water partition coefficient (Wildman–Crippen LogP) is 3.71. The Hall–Kier alpha value is -1.10. The first kappa shape index (κ1) is 14.0. The molecule has 1 fully saturated rings. The molecule has 0 saturated carbocycles. The van der Waals surface area contributed by atoms with E-state index < -0.39 is 17.9 Å². The Kier molecular flexibility index (Phi) is 4.14. The van der Waals surface area contributed by atoms with Crippen LogP contribution in [0.4, 0.5) is 17.6 Å². The van der Waals surface area contributed by atoms with Crippen LogP contribution < -0.4 is 5.32 Å². The van der Waals surface area contributed by atoms with Crippen LogP contribution in [0.3, 0.4) is 0 Å². The highest BCUT2D eigenvalue weighted by Crippen LogP contribution is 2.31.